The Bertz CT molecular complexity index is 883. The number of rotatable bonds is 6. The van der Waals surface area contributed by atoms with E-state index in [2.05, 4.69) is 5.32 Å². The Morgan fingerprint density at radius 3 is 2.38 bits per heavy atom. The lowest BCUT2D eigenvalue weighted by molar-refractivity contribution is 0.171. The van der Waals surface area contributed by atoms with Gasteiger partial charge in [-0.05, 0) is 35.4 Å². The minimum absolute atomic E-state index is 0.282. The monoisotopic (exact) mass is 396 g/mol. The van der Waals surface area contributed by atoms with Crippen molar-refractivity contribution in [3.8, 4) is 11.5 Å². The van der Waals surface area contributed by atoms with Crippen LogP contribution in [-0.2, 0) is 23.1 Å². The van der Waals surface area contributed by atoms with Gasteiger partial charge in [0.2, 0.25) is 10.0 Å². The summed E-state index contributed by atoms with van der Waals surface area (Å²) < 4.78 is 36.4. The van der Waals surface area contributed by atoms with Gasteiger partial charge in [-0.1, -0.05) is 23.7 Å². The van der Waals surface area contributed by atoms with Crippen molar-refractivity contribution in [1.29, 1.82) is 0 Å². The van der Waals surface area contributed by atoms with Crippen LogP contribution in [0.4, 0.5) is 0 Å². The van der Waals surface area contributed by atoms with Gasteiger partial charge in [0.05, 0.1) is 9.92 Å². The van der Waals surface area contributed by atoms with Crippen LogP contribution in [0.15, 0.2) is 41.3 Å². The smallest absolute Gasteiger partial charge is 0.242 e. The lowest BCUT2D eigenvalue weighted by atomic mass is 10.1. The number of hydrogen-bond acceptors (Lipinski definition) is 5. The molecule has 0 spiro atoms. The number of benzene rings is 2. The summed E-state index contributed by atoms with van der Waals surface area (Å²) in [4.78, 5) is 0.282. The van der Waals surface area contributed by atoms with E-state index >= 15 is 0 Å². The van der Waals surface area contributed by atoms with Gasteiger partial charge < -0.3 is 14.8 Å². The van der Waals surface area contributed by atoms with E-state index in [9.17, 15) is 8.42 Å². The fourth-order valence-electron chi connectivity index (χ4n) is 2.61. The van der Waals surface area contributed by atoms with Crippen LogP contribution in [0.25, 0.3) is 0 Å². The zero-order chi connectivity index (χ0) is 18.7. The Morgan fingerprint density at radius 2 is 1.69 bits per heavy atom. The molecule has 2 aromatic rings. The van der Waals surface area contributed by atoms with E-state index < -0.39 is 10.0 Å². The maximum atomic E-state index is 12.1. The maximum Gasteiger partial charge on any atom is 0.242 e. The van der Waals surface area contributed by atoms with Crippen LogP contribution < -0.4 is 14.8 Å². The van der Waals surface area contributed by atoms with E-state index in [4.69, 9.17) is 21.1 Å². The summed E-state index contributed by atoms with van der Waals surface area (Å²) in [6, 6.07) is 10.6. The first-order valence-corrected chi connectivity index (χ1v) is 10.00. The first-order valence-electron chi connectivity index (χ1n) is 8.18. The fourth-order valence-corrected chi connectivity index (χ4v) is 3.80. The molecule has 1 aliphatic rings. The van der Waals surface area contributed by atoms with Crippen LogP contribution in [-0.4, -0.2) is 40.0 Å². The molecule has 0 fully saturated rings. The normalized spacial score (nSPS) is 13.8. The van der Waals surface area contributed by atoms with Gasteiger partial charge in [-0.3, -0.25) is 0 Å². The molecule has 0 radical (unpaired) electrons. The molecule has 0 saturated heterocycles. The maximum absolute atomic E-state index is 12.1. The SMILES string of the molecule is CN(C)S(=O)(=O)c1ccc(CNCc2cc(Cl)c3c(c2)OCCO3)cc1. The largest absolute Gasteiger partial charge is 0.486 e. The van der Waals surface area contributed by atoms with Crippen molar-refractivity contribution in [2.45, 2.75) is 18.0 Å². The number of nitrogens with one attached hydrogen (secondary N) is 1. The summed E-state index contributed by atoms with van der Waals surface area (Å²) in [5, 5.41) is 3.86. The highest BCUT2D eigenvalue weighted by atomic mass is 35.5. The minimum atomic E-state index is -3.40. The second kappa shape index (κ2) is 7.84. The Labute approximate surface area is 158 Å². The van der Waals surface area contributed by atoms with E-state index in [1.807, 2.05) is 12.1 Å². The van der Waals surface area contributed by atoms with E-state index in [-0.39, 0.29) is 4.90 Å². The van der Waals surface area contributed by atoms with Gasteiger partial charge in [0.15, 0.2) is 11.5 Å². The van der Waals surface area contributed by atoms with Crippen molar-refractivity contribution in [3.05, 3.63) is 52.5 Å². The standard InChI is InChI=1S/C18H21ClN2O4S/c1-21(2)26(22,23)15-5-3-13(4-6-15)11-20-12-14-9-16(19)18-17(10-14)24-7-8-25-18/h3-6,9-10,20H,7-8,11-12H2,1-2H3. The Hall–Kier alpha value is -1.80. The predicted molar refractivity (Wildman–Crippen MR) is 100 cm³/mol. The second-order valence-corrected chi connectivity index (χ2v) is 8.70. The van der Waals surface area contributed by atoms with Crippen molar-refractivity contribution >= 4 is 21.6 Å². The van der Waals surface area contributed by atoms with Crippen molar-refractivity contribution < 1.29 is 17.9 Å². The molecule has 6 nitrogen and oxygen atoms in total. The molecule has 1 heterocycles. The molecule has 0 aromatic heterocycles. The zero-order valence-electron chi connectivity index (χ0n) is 14.7. The quantitative estimate of drug-likeness (QED) is 0.813. The summed E-state index contributed by atoms with van der Waals surface area (Å²) in [5.74, 6) is 1.26. The van der Waals surface area contributed by atoms with Crippen LogP contribution in [0.2, 0.25) is 5.02 Å². The topological polar surface area (TPSA) is 67.9 Å². The van der Waals surface area contributed by atoms with Crippen LogP contribution in [0, 0.1) is 0 Å². The van der Waals surface area contributed by atoms with Gasteiger partial charge in [-0.15, -0.1) is 0 Å². The summed E-state index contributed by atoms with van der Waals surface area (Å²) in [6.07, 6.45) is 0. The third-order valence-electron chi connectivity index (χ3n) is 4.02. The Balaban J connectivity index is 1.61. The third-order valence-corrected chi connectivity index (χ3v) is 6.13. The van der Waals surface area contributed by atoms with Crippen molar-refractivity contribution in [2.24, 2.45) is 0 Å². The van der Waals surface area contributed by atoms with Crippen LogP contribution in [0.5, 0.6) is 11.5 Å². The number of halogens is 1. The van der Waals surface area contributed by atoms with Gasteiger partial charge in [0.1, 0.15) is 13.2 Å². The molecule has 26 heavy (non-hydrogen) atoms. The van der Waals surface area contributed by atoms with Crippen LogP contribution in [0.1, 0.15) is 11.1 Å². The highest BCUT2D eigenvalue weighted by molar-refractivity contribution is 7.89. The molecule has 8 heteroatoms. The number of sulfonamides is 1. The molecule has 2 aromatic carbocycles. The molecule has 0 amide bonds. The number of hydrogen-bond donors (Lipinski definition) is 1. The predicted octanol–water partition coefficient (Wildman–Crippen LogP) is 2.65. The lowest BCUT2D eigenvalue weighted by Gasteiger charge is -2.20. The molecule has 0 aliphatic carbocycles. The van der Waals surface area contributed by atoms with Gasteiger partial charge in [0, 0.05) is 27.2 Å². The molecular formula is C18H21ClN2O4S. The van der Waals surface area contributed by atoms with Crippen molar-refractivity contribution in [3.63, 3.8) is 0 Å². The summed E-state index contributed by atoms with van der Waals surface area (Å²) >= 11 is 6.24. The highest BCUT2D eigenvalue weighted by Gasteiger charge is 2.17. The first kappa shape index (κ1) is 19.0. The van der Waals surface area contributed by atoms with Gasteiger partial charge >= 0.3 is 0 Å². The molecule has 0 unspecified atom stereocenters. The summed E-state index contributed by atoms with van der Waals surface area (Å²) in [5.41, 5.74) is 1.98. The van der Waals surface area contributed by atoms with E-state index in [1.165, 1.54) is 18.4 Å². The molecule has 140 valence electrons. The second-order valence-electron chi connectivity index (χ2n) is 6.14. The number of nitrogens with zero attached hydrogens (tertiary/aromatic N) is 1. The van der Waals surface area contributed by atoms with E-state index in [0.29, 0.717) is 42.8 Å². The summed E-state index contributed by atoms with van der Waals surface area (Å²) in [7, 11) is -0.364. The highest BCUT2D eigenvalue weighted by Crippen LogP contribution is 2.38. The van der Waals surface area contributed by atoms with Gasteiger partial charge in [-0.2, -0.15) is 0 Å². The summed E-state index contributed by atoms with van der Waals surface area (Å²) in [6.45, 7) is 2.23. The number of fused-ring (bicyclic) bond motifs is 1. The molecular weight excluding hydrogens is 376 g/mol. The average Bonchev–Trinajstić information content (AvgIpc) is 2.62. The minimum Gasteiger partial charge on any atom is -0.486 e. The van der Waals surface area contributed by atoms with E-state index in [0.717, 1.165) is 11.1 Å². The van der Waals surface area contributed by atoms with Crippen molar-refractivity contribution in [1.82, 2.24) is 9.62 Å². The number of ether oxygens (including phenoxy) is 2. The fraction of sp³-hybridized carbons (Fsp3) is 0.333. The van der Waals surface area contributed by atoms with Gasteiger partial charge in [0.25, 0.3) is 0 Å². The van der Waals surface area contributed by atoms with Crippen LogP contribution in [0.3, 0.4) is 0 Å². The lowest BCUT2D eigenvalue weighted by Crippen LogP contribution is -2.22. The third kappa shape index (κ3) is 4.12. The van der Waals surface area contributed by atoms with Crippen LogP contribution >= 0.6 is 11.6 Å². The molecule has 0 bridgehead atoms. The molecule has 0 saturated carbocycles. The van der Waals surface area contributed by atoms with Gasteiger partial charge in [-0.25, -0.2) is 12.7 Å². The first-order chi connectivity index (χ1) is 12.4. The Kier molecular flexibility index (Phi) is 5.72. The zero-order valence-corrected chi connectivity index (χ0v) is 16.2. The molecule has 1 N–H and O–H groups in total. The Morgan fingerprint density at radius 1 is 1.04 bits per heavy atom. The molecule has 1 aliphatic heterocycles. The molecule has 3 rings (SSSR count). The molecule has 0 atom stereocenters. The van der Waals surface area contributed by atoms with E-state index in [1.54, 1.807) is 24.3 Å². The average molecular weight is 397 g/mol. The van der Waals surface area contributed by atoms with Crippen molar-refractivity contribution in [2.75, 3.05) is 27.3 Å².